The standard InChI is InChI=1S/C17H23N7/c1-17(2,3)14-10-13-15(18-7-9-24(13)21-14)23-8-5-6-12(23)16-20-19-11-22(16)4/h7,9-12H,5-6,8H2,1-4H3. The van der Waals surface area contributed by atoms with E-state index in [1.807, 2.05) is 28.5 Å². The van der Waals surface area contributed by atoms with E-state index in [0.29, 0.717) is 0 Å². The van der Waals surface area contributed by atoms with Crippen LogP contribution in [0.1, 0.15) is 51.2 Å². The minimum absolute atomic E-state index is 0.0112. The van der Waals surface area contributed by atoms with E-state index in [0.717, 1.165) is 42.2 Å². The van der Waals surface area contributed by atoms with E-state index < -0.39 is 0 Å². The molecule has 1 aliphatic heterocycles. The highest BCUT2D eigenvalue weighted by Crippen LogP contribution is 2.36. The second-order valence-electron chi connectivity index (χ2n) is 7.51. The van der Waals surface area contributed by atoms with E-state index in [1.54, 1.807) is 6.33 Å². The molecule has 0 radical (unpaired) electrons. The normalized spacial score (nSPS) is 18.7. The molecule has 1 aliphatic rings. The summed E-state index contributed by atoms with van der Waals surface area (Å²) in [6.45, 7) is 7.51. The number of fused-ring (bicyclic) bond motifs is 1. The van der Waals surface area contributed by atoms with Crippen LogP contribution in [0.4, 0.5) is 5.82 Å². The minimum atomic E-state index is 0.0112. The fraction of sp³-hybridized carbons (Fsp3) is 0.529. The van der Waals surface area contributed by atoms with Crippen molar-refractivity contribution in [1.82, 2.24) is 29.4 Å². The Kier molecular flexibility index (Phi) is 3.33. The first kappa shape index (κ1) is 15.1. The molecule has 4 rings (SSSR count). The van der Waals surface area contributed by atoms with Crippen molar-refractivity contribution in [1.29, 1.82) is 0 Å². The Balaban J connectivity index is 1.81. The third-order valence-electron chi connectivity index (χ3n) is 4.71. The van der Waals surface area contributed by atoms with Crippen LogP contribution in [-0.4, -0.2) is 35.9 Å². The van der Waals surface area contributed by atoms with Gasteiger partial charge >= 0.3 is 0 Å². The first-order valence-electron chi connectivity index (χ1n) is 8.40. The maximum absolute atomic E-state index is 4.74. The van der Waals surface area contributed by atoms with Crippen LogP contribution < -0.4 is 4.90 Å². The third-order valence-corrected chi connectivity index (χ3v) is 4.71. The predicted molar refractivity (Wildman–Crippen MR) is 92.0 cm³/mol. The molecule has 1 atom stereocenters. The highest BCUT2D eigenvalue weighted by molar-refractivity contribution is 5.70. The number of hydrogen-bond acceptors (Lipinski definition) is 5. The molecule has 1 unspecified atom stereocenters. The lowest BCUT2D eigenvalue weighted by molar-refractivity contribution is 0.562. The summed E-state index contributed by atoms with van der Waals surface area (Å²) in [5.41, 5.74) is 2.14. The van der Waals surface area contributed by atoms with Crippen molar-refractivity contribution in [3.63, 3.8) is 0 Å². The smallest absolute Gasteiger partial charge is 0.155 e. The lowest BCUT2D eigenvalue weighted by Gasteiger charge is -2.25. The predicted octanol–water partition coefficient (Wildman–Crippen LogP) is 2.50. The summed E-state index contributed by atoms with van der Waals surface area (Å²) in [4.78, 5) is 7.02. The number of rotatable bonds is 2. The van der Waals surface area contributed by atoms with E-state index in [9.17, 15) is 0 Å². The average molecular weight is 325 g/mol. The molecule has 0 aliphatic carbocycles. The molecular weight excluding hydrogens is 302 g/mol. The lowest BCUT2D eigenvalue weighted by atomic mass is 9.92. The van der Waals surface area contributed by atoms with Gasteiger partial charge in [0.05, 0.1) is 11.7 Å². The summed E-state index contributed by atoms with van der Waals surface area (Å²) in [7, 11) is 2.00. The van der Waals surface area contributed by atoms with Crippen LogP contribution in [-0.2, 0) is 12.5 Å². The molecule has 4 heterocycles. The van der Waals surface area contributed by atoms with E-state index in [1.165, 1.54) is 0 Å². The summed E-state index contributed by atoms with van der Waals surface area (Å²) < 4.78 is 3.94. The van der Waals surface area contributed by atoms with Gasteiger partial charge in [0.2, 0.25) is 0 Å². The van der Waals surface area contributed by atoms with E-state index in [2.05, 4.69) is 46.9 Å². The second-order valence-corrected chi connectivity index (χ2v) is 7.51. The zero-order valence-corrected chi connectivity index (χ0v) is 14.6. The van der Waals surface area contributed by atoms with Gasteiger partial charge in [0.15, 0.2) is 11.6 Å². The van der Waals surface area contributed by atoms with Crippen molar-refractivity contribution in [2.45, 2.75) is 45.1 Å². The van der Waals surface area contributed by atoms with E-state index in [-0.39, 0.29) is 11.5 Å². The van der Waals surface area contributed by atoms with Crippen LogP contribution in [0.25, 0.3) is 5.52 Å². The highest BCUT2D eigenvalue weighted by Gasteiger charge is 2.32. The third kappa shape index (κ3) is 2.35. The SMILES string of the molecule is Cn1cnnc1C1CCCN1c1nccn2nc(C(C)(C)C)cc12. The summed E-state index contributed by atoms with van der Waals surface area (Å²) >= 11 is 0. The van der Waals surface area contributed by atoms with Crippen LogP contribution in [0, 0.1) is 0 Å². The Morgan fingerprint density at radius 3 is 2.79 bits per heavy atom. The Labute approximate surface area is 141 Å². The molecule has 3 aromatic rings. The van der Waals surface area contributed by atoms with Crippen molar-refractivity contribution in [3.05, 3.63) is 36.3 Å². The van der Waals surface area contributed by atoms with Gasteiger partial charge in [-0.05, 0) is 18.9 Å². The van der Waals surface area contributed by atoms with Crippen molar-refractivity contribution >= 4 is 11.3 Å². The number of nitrogens with zero attached hydrogens (tertiary/aromatic N) is 7. The monoisotopic (exact) mass is 325 g/mol. The zero-order chi connectivity index (χ0) is 16.9. The van der Waals surface area contributed by atoms with E-state index in [4.69, 9.17) is 5.10 Å². The van der Waals surface area contributed by atoms with Crippen molar-refractivity contribution in [2.75, 3.05) is 11.4 Å². The molecule has 1 saturated heterocycles. The molecule has 0 aromatic carbocycles. The van der Waals surface area contributed by atoms with Gasteiger partial charge in [0.1, 0.15) is 11.8 Å². The Morgan fingerprint density at radius 1 is 1.25 bits per heavy atom. The van der Waals surface area contributed by atoms with Gasteiger partial charge < -0.3 is 9.47 Å². The number of aromatic nitrogens is 6. The molecule has 0 N–H and O–H groups in total. The van der Waals surface area contributed by atoms with E-state index >= 15 is 0 Å². The van der Waals surface area contributed by atoms with Gasteiger partial charge in [0.25, 0.3) is 0 Å². The molecule has 0 spiro atoms. The molecule has 3 aromatic heterocycles. The van der Waals surface area contributed by atoms with Gasteiger partial charge in [-0.1, -0.05) is 20.8 Å². The molecule has 126 valence electrons. The van der Waals surface area contributed by atoms with Crippen LogP contribution >= 0.6 is 0 Å². The summed E-state index contributed by atoms with van der Waals surface area (Å²) in [5.74, 6) is 1.97. The molecular formula is C17H23N7. The van der Waals surface area contributed by atoms with Gasteiger partial charge in [-0.25, -0.2) is 9.50 Å². The quantitative estimate of drug-likeness (QED) is 0.724. The van der Waals surface area contributed by atoms with Crippen molar-refractivity contribution < 1.29 is 0 Å². The molecule has 0 bridgehead atoms. The van der Waals surface area contributed by atoms with Crippen LogP contribution in [0.2, 0.25) is 0 Å². The van der Waals surface area contributed by atoms with Gasteiger partial charge in [0, 0.05) is 31.4 Å². The Morgan fingerprint density at radius 2 is 2.08 bits per heavy atom. The maximum atomic E-state index is 4.74. The minimum Gasteiger partial charge on any atom is -0.345 e. The van der Waals surface area contributed by atoms with Gasteiger partial charge in [-0.2, -0.15) is 5.10 Å². The summed E-state index contributed by atoms with van der Waals surface area (Å²) in [5, 5.41) is 13.1. The molecule has 7 nitrogen and oxygen atoms in total. The molecule has 1 fully saturated rings. The molecule has 7 heteroatoms. The first-order valence-corrected chi connectivity index (χ1v) is 8.40. The fourth-order valence-electron chi connectivity index (χ4n) is 3.38. The van der Waals surface area contributed by atoms with Crippen LogP contribution in [0.5, 0.6) is 0 Å². The lowest BCUT2D eigenvalue weighted by Crippen LogP contribution is -2.26. The summed E-state index contributed by atoms with van der Waals surface area (Å²) in [6.07, 6.45) is 7.70. The number of hydrogen-bond donors (Lipinski definition) is 0. The average Bonchev–Trinajstić information content (AvgIpc) is 3.23. The fourth-order valence-corrected chi connectivity index (χ4v) is 3.38. The molecule has 0 amide bonds. The Bertz CT molecular complexity index is 871. The Hall–Kier alpha value is -2.44. The number of aryl methyl sites for hydroxylation is 1. The molecule has 24 heavy (non-hydrogen) atoms. The van der Waals surface area contributed by atoms with Crippen molar-refractivity contribution in [2.24, 2.45) is 7.05 Å². The summed E-state index contributed by atoms with van der Waals surface area (Å²) in [6, 6.07) is 2.37. The number of anilines is 1. The topological polar surface area (TPSA) is 64.1 Å². The second kappa shape index (κ2) is 5.29. The first-order chi connectivity index (χ1) is 11.4. The highest BCUT2D eigenvalue weighted by atomic mass is 15.3. The van der Waals surface area contributed by atoms with Crippen LogP contribution in [0.3, 0.4) is 0 Å². The largest absolute Gasteiger partial charge is 0.345 e. The van der Waals surface area contributed by atoms with Gasteiger partial charge in [-0.3, -0.25) is 0 Å². The van der Waals surface area contributed by atoms with Gasteiger partial charge in [-0.15, -0.1) is 10.2 Å². The van der Waals surface area contributed by atoms with Crippen LogP contribution in [0.15, 0.2) is 24.8 Å². The molecule has 0 saturated carbocycles. The maximum Gasteiger partial charge on any atom is 0.155 e. The van der Waals surface area contributed by atoms with Crippen molar-refractivity contribution in [3.8, 4) is 0 Å². The zero-order valence-electron chi connectivity index (χ0n) is 14.6.